The molecule has 1 aliphatic rings. The molecule has 0 spiro atoms. The number of rotatable bonds is 13. The Balaban J connectivity index is 1.28. The second-order valence-corrected chi connectivity index (χ2v) is 11.3. The van der Waals surface area contributed by atoms with Gasteiger partial charge in [-0.15, -0.1) is 11.8 Å². The molecule has 0 radical (unpaired) electrons. The number of halogens is 6. The van der Waals surface area contributed by atoms with E-state index in [-0.39, 0.29) is 36.3 Å². The first kappa shape index (κ1) is 32.5. The van der Waals surface area contributed by atoms with Gasteiger partial charge in [0.15, 0.2) is 12.9 Å². The van der Waals surface area contributed by atoms with Crippen molar-refractivity contribution in [3.63, 3.8) is 0 Å². The summed E-state index contributed by atoms with van der Waals surface area (Å²) in [5.74, 6) is -5.78. The average molecular weight is 631 g/mol. The van der Waals surface area contributed by atoms with E-state index in [1.54, 1.807) is 31.2 Å². The zero-order valence-corrected chi connectivity index (χ0v) is 23.5. The molecule has 3 aromatic rings. The Morgan fingerprint density at radius 2 is 1.91 bits per heavy atom. The number of alkyl halides is 4. The Bertz CT molecular complexity index is 1370. The molecule has 3 heterocycles. The van der Waals surface area contributed by atoms with Crippen LogP contribution < -0.4 is 4.74 Å². The number of aromatic nitrogens is 4. The van der Waals surface area contributed by atoms with Crippen molar-refractivity contribution in [2.24, 2.45) is 0 Å². The van der Waals surface area contributed by atoms with Crippen molar-refractivity contribution < 1.29 is 45.7 Å². The quantitative estimate of drug-likeness (QED) is 0.193. The van der Waals surface area contributed by atoms with E-state index < -0.39 is 47.7 Å². The van der Waals surface area contributed by atoms with Gasteiger partial charge in [-0.3, -0.25) is 5.10 Å². The molecule has 4 rings (SSSR count). The third kappa shape index (κ3) is 8.81. The summed E-state index contributed by atoms with van der Waals surface area (Å²) in [6.07, 6.45) is 4.69. The number of ether oxygens (including phenoxy) is 3. The highest BCUT2D eigenvalue weighted by Gasteiger charge is 2.42. The summed E-state index contributed by atoms with van der Waals surface area (Å²) in [7, 11) is 0. The fourth-order valence-corrected chi connectivity index (χ4v) is 5.42. The lowest BCUT2D eigenvalue weighted by atomic mass is 9.86. The van der Waals surface area contributed by atoms with Crippen LogP contribution in [0.25, 0.3) is 6.08 Å². The van der Waals surface area contributed by atoms with Crippen LogP contribution in [0.2, 0.25) is 0 Å². The molecule has 0 saturated carbocycles. The highest BCUT2D eigenvalue weighted by atomic mass is 32.2. The van der Waals surface area contributed by atoms with E-state index in [0.717, 1.165) is 12.1 Å². The summed E-state index contributed by atoms with van der Waals surface area (Å²) in [5.41, 5.74) is -1.22. The van der Waals surface area contributed by atoms with Gasteiger partial charge in [0, 0.05) is 35.6 Å². The lowest BCUT2D eigenvalue weighted by molar-refractivity contribution is -0.148. The molecule has 0 aliphatic carbocycles. The Morgan fingerprint density at radius 1 is 1.14 bits per heavy atom. The van der Waals surface area contributed by atoms with Crippen LogP contribution in [0.15, 0.2) is 61.1 Å². The van der Waals surface area contributed by atoms with E-state index in [4.69, 9.17) is 9.47 Å². The zero-order valence-electron chi connectivity index (χ0n) is 22.7. The van der Waals surface area contributed by atoms with Crippen molar-refractivity contribution in [2.75, 3.05) is 19.8 Å². The molecule has 232 valence electrons. The Kier molecular flexibility index (Phi) is 10.9. The number of aromatic amines is 1. The molecule has 2 aromatic heterocycles. The van der Waals surface area contributed by atoms with E-state index in [2.05, 4.69) is 24.9 Å². The second kappa shape index (κ2) is 14.4. The van der Waals surface area contributed by atoms with Crippen LogP contribution >= 0.6 is 11.8 Å². The van der Waals surface area contributed by atoms with Gasteiger partial charge in [-0.1, -0.05) is 31.2 Å². The van der Waals surface area contributed by atoms with Crippen molar-refractivity contribution >= 4 is 17.8 Å². The third-order valence-corrected chi connectivity index (χ3v) is 7.88. The van der Waals surface area contributed by atoms with Gasteiger partial charge in [0.2, 0.25) is 5.88 Å². The third-order valence-electron chi connectivity index (χ3n) is 6.42. The zero-order chi connectivity index (χ0) is 31.0. The van der Waals surface area contributed by atoms with E-state index in [1.807, 2.05) is 0 Å². The van der Waals surface area contributed by atoms with Gasteiger partial charge in [-0.05, 0) is 23.8 Å². The number of allylic oxidation sites excluding steroid dienone is 2. The second-order valence-electron chi connectivity index (χ2n) is 9.62. The minimum absolute atomic E-state index is 0.0683. The minimum Gasteiger partial charge on any atom is -0.471 e. The molecule has 15 heteroatoms. The SMILES string of the molecule is C[C@@H](S[C@H]1CO[C@H](/C=C/C=C/c2ccc(OCC(F)(F)C(F)F)nc2)OC1)[C@@](O)(Cc1ncn[nH]1)c1ccc(F)cc1F. The summed E-state index contributed by atoms with van der Waals surface area (Å²) < 4.78 is 94.8. The minimum atomic E-state index is -4.27. The first-order chi connectivity index (χ1) is 20.5. The normalized spacial score (nSPS) is 20.1. The van der Waals surface area contributed by atoms with E-state index in [1.165, 1.54) is 42.5 Å². The maximum Gasteiger partial charge on any atom is 0.340 e. The van der Waals surface area contributed by atoms with E-state index in [0.29, 0.717) is 11.4 Å². The van der Waals surface area contributed by atoms with Gasteiger partial charge in [0.25, 0.3) is 0 Å². The number of thioether (sulfide) groups is 1. The largest absolute Gasteiger partial charge is 0.471 e. The van der Waals surface area contributed by atoms with Crippen LogP contribution in [-0.4, -0.2) is 74.2 Å². The topological polar surface area (TPSA) is 102 Å². The van der Waals surface area contributed by atoms with Crippen LogP contribution in [0.1, 0.15) is 23.9 Å². The Morgan fingerprint density at radius 3 is 2.53 bits per heavy atom. The maximum absolute atomic E-state index is 14.8. The highest BCUT2D eigenvalue weighted by molar-refractivity contribution is 8.00. The van der Waals surface area contributed by atoms with Gasteiger partial charge in [0.05, 0.1) is 18.5 Å². The average Bonchev–Trinajstić information content (AvgIpc) is 3.48. The number of hydrogen-bond donors (Lipinski definition) is 2. The molecule has 0 unspecified atom stereocenters. The number of hydrogen-bond acceptors (Lipinski definition) is 8. The highest BCUT2D eigenvalue weighted by Crippen LogP contribution is 2.39. The number of aliphatic hydroxyl groups is 1. The fourth-order valence-electron chi connectivity index (χ4n) is 4.09. The molecular formula is C28H28F6N4O4S. The smallest absolute Gasteiger partial charge is 0.340 e. The summed E-state index contributed by atoms with van der Waals surface area (Å²) in [6, 6.07) is 5.83. The van der Waals surface area contributed by atoms with E-state index in [9.17, 15) is 31.4 Å². The summed E-state index contributed by atoms with van der Waals surface area (Å²) in [5, 5.41) is 17.3. The monoisotopic (exact) mass is 630 g/mol. The summed E-state index contributed by atoms with van der Waals surface area (Å²) in [6.45, 7) is 0.792. The Labute approximate surface area is 247 Å². The number of benzene rings is 1. The van der Waals surface area contributed by atoms with Crippen LogP contribution in [0.5, 0.6) is 5.88 Å². The lowest BCUT2D eigenvalue weighted by Gasteiger charge is -2.37. The lowest BCUT2D eigenvalue weighted by Crippen LogP contribution is -2.42. The van der Waals surface area contributed by atoms with Crippen LogP contribution in [0.3, 0.4) is 0 Å². The van der Waals surface area contributed by atoms with Crippen molar-refractivity contribution in [3.8, 4) is 5.88 Å². The van der Waals surface area contributed by atoms with Crippen molar-refractivity contribution in [1.29, 1.82) is 0 Å². The molecule has 2 N–H and O–H groups in total. The summed E-state index contributed by atoms with van der Waals surface area (Å²) >= 11 is 1.34. The van der Waals surface area contributed by atoms with Gasteiger partial charge in [0.1, 0.15) is 29.4 Å². The van der Waals surface area contributed by atoms with Crippen LogP contribution in [-0.2, 0) is 21.5 Å². The fraction of sp³-hybridized carbons (Fsp3) is 0.393. The van der Waals surface area contributed by atoms with Gasteiger partial charge >= 0.3 is 12.3 Å². The van der Waals surface area contributed by atoms with Gasteiger partial charge in [-0.25, -0.2) is 27.5 Å². The molecule has 0 bridgehead atoms. The number of nitrogens with zero attached hydrogens (tertiary/aromatic N) is 3. The van der Waals surface area contributed by atoms with Crippen molar-refractivity contribution in [1.82, 2.24) is 20.2 Å². The number of H-pyrrole nitrogens is 1. The molecule has 1 saturated heterocycles. The molecule has 8 nitrogen and oxygen atoms in total. The molecular weight excluding hydrogens is 602 g/mol. The summed E-state index contributed by atoms with van der Waals surface area (Å²) in [4.78, 5) is 7.86. The van der Waals surface area contributed by atoms with Crippen molar-refractivity contribution in [2.45, 2.75) is 48.1 Å². The molecule has 0 amide bonds. The number of nitrogens with one attached hydrogen (secondary N) is 1. The molecule has 43 heavy (non-hydrogen) atoms. The van der Waals surface area contributed by atoms with Crippen LogP contribution in [0.4, 0.5) is 26.3 Å². The van der Waals surface area contributed by atoms with Crippen molar-refractivity contribution in [3.05, 3.63) is 89.7 Å². The van der Waals surface area contributed by atoms with Crippen LogP contribution in [0, 0.1) is 11.6 Å². The first-order valence-electron chi connectivity index (χ1n) is 13.0. The van der Waals surface area contributed by atoms with Gasteiger partial charge < -0.3 is 19.3 Å². The maximum atomic E-state index is 14.8. The Hall–Kier alpha value is -3.40. The molecule has 2 atom stereocenters. The number of pyridine rings is 1. The molecule has 1 fully saturated rings. The predicted octanol–water partition coefficient (Wildman–Crippen LogP) is 5.32. The molecule has 1 aromatic carbocycles. The predicted molar refractivity (Wildman–Crippen MR) is 146 cm³/mol. The van der Waals surface area contributed by atoms with Gasteiger partial charge in [-0.2, -0.15) is 13.9 Å². The molecule has 1 aliphatic heterocycles. The van der Waals surface area contributed by atoms with E-state index >= 15 is 0 Å². The standard InChI is InChI=1S/C28H28F6N4O4S/c1-17(27(39,11-23-36-16-37-38-23)21-8-7-19(29)10-22(21)30)43-20-13-40-25(41-14-20)5-3-2-4-18-6-9-24(35-12-18)42-15-28(33,34)26(31)32/h2-10,12,16-17,20,25-26,39H,11,13-15H2,1H3,(H,36,37,38)/b4-2+,5-3+/t17-,20-,25-,27+/m1/s1. The first-order valence-corrected chi connectivity index (χ1v) is 13.9.